The lowest BCUT2D eigenvalue weighted by molar-refractivity contribution is 1.42. The first-order chi connectivity index (χ1) is 23.6. The monoisotopic (exact) mass is 648 g/mol. The second-order valence-electron chi connectivity index (χ2n) is 9.66. The van der Waals surface area contributed by atoms with Gasteiger partial charge in [0.15, 0.2) is 0 Å². The lowest BCUT2D eigenvalue weighted by atomic mass is 10.2. The Morgan fingerprint density at radius 2 is 0.490 bits per heavy atom. The maximum absolute atomic E-state index is 3.63. The van der Waals surface area contributed by atoms with Gasteiger partial charge in [0.2, 0.25) is 0 Å². The molecule has 0 heterocycles. The van der Waals surface area contributed by atoms with Crippen LogP contribution < -0.4 is 0 Å². The third kappa shape index (κ3) is 46.6. The zero-order chi connectivity index (χ0) is 38.0. The number of hydrogen-bond donors (Lipinski definition) is 0. The largest absolute Gasteiger partial charge is 0.100 e. The number of allylic oxidation sites excluding steroid dienone is 7. The fraction of sp³-hybridized carbons (Fsp3) is 0.0612. The molecule has 0 heteroatoms. The molecule has 0 radical (unpaired) electrons. The summed E-state index contributed by atoms with van der Waals surface area (Å²) < 4.78 is 0. The minimum absolute atomic E-state index is 1.02. The molecule has 0 atom stereocenters. The van der Waals surface area contributed by atoms with E-state index in [0.29, 0.717) is 0 Å². The van der Waals surface area contributed by atoms with E-state index in [2.05, 4.69) is 72.4 Å². The van der Waals surface area contributed by atoms with Crippen LogP contribution in [-0.2, 0) is 0 Å². The van der Waals surface area contributed by atoms with Gasteiger partial charge in [0.05, 0.1) is 0 Å². The molecule has 0 spiro atoms. The zero-order valence-electron chi connectivity index (χ0n) is 30.5. The summed E-state index contributed by atoms with van der Waals surface area (Å²) in [6, 6.07) is 40.1. The number of hydrogen-bond acceptors (Lipinski definition) is 0. The first-order valence-electron chi connectivity index (χ1n) is 15.6. The van der Waals surface area contributed by atoms with Crippen LogP contribution in [-0.4, -0.2) is 0 Å². The Hall–Kier alpha value is -5.98. The van der Waals surface area contributed by atoms with Crippen molar-refractivity contribution in [3.8, 4) is 0 Å². The molecule has 0 unspecified atom stereocenters. The molecule has 0 aromatic heterocycles. The highest BCUT2D eigenvalue weighted by molar-refractivity contribution is 5.47. The molecule has 0 nitrogen and oxygen atoms in total. The van der Waals surface area contributed by atoms with Crippen molar-refractivity contribution < 1.29 is 0 Å². The Labute approximate surface area is 301 Å². The predicted octanol–water partition coefficient (Wildman–Crippen LogP) is 15.4. The fourth-order valence-corrected chi connectivity index (χ4v) is 2.36. The number of benzene rings is 4. The molecule has 0 amide bonds. The minimum Gasteiger partial charge on any atom is -0.100 e. The Bertz CT molecular complexity index is 1220. The van der Waals surface area contributed by atoms with Crippen LogP contribution in [0.5, 0.6) is 0 Å². The van der Waals surface area contributed by atoms with Gasteiger partial charge >= 0.3 is 0 Å². The van der Waals surface area contributed by atoms with Crippen LogP contribution in [0.3, 0.4) is 0 Å². The van der Waals surface area contributed by atoms with Crippen molar-refractivity contribution >= 4 is 24.3 Å². The van der Waals surface area contributed by atoms with Crippen LogP contribution in [0.25, 0.3) is 24.3 Å². The number of rotatable bonds is 7. The van der Waals surface area contributed by atoms with Crippen molar-refractivity contribution in [1.82, 2.24) is 0 Å². The van der Waals surface area contributed by atoms with E-state index in [1.165, 1.54) is 27.8 Å². The van der Waals surface area contributed by atoms with Gasteiger partial charge in [-0.15, -0.1) is 6.58 Å². The van der Waals surface area contributed by atoms with Gasteiger partial charge < -0.3 is 0 Å². The Morgan fingerprint density at radius 1 is 0.347 bits per heavy atom. The normalized spacial score (nSPS) is 7.57. The van der Waals surface area contributed by atoms with Crippen molar-refractivity contribution in [3.63, 3.8) is 0 Å². The maximum atomic E-state index is 3.63. The SMILES string of the molecule is C=C(C)C.C=CC(=C)C.C=CC=C.C=CC=C.C=Cc1ccccc1.C=Cc1ccccc1.C=Cc1ccccc1.C=Cc1ccccc1. The summed E-state index contributed by atoms with van der Waals surface area (Å²) in [5.41, 5.74) is 6.88. The molecular formula is C49H60. The van der Waals surface area contributed by atoms with Crippen LogP contribution in [0.4, 0.5) is 0 Å². The zero-order valence-corrected chi connectivity index (χ0v) is 30.5. The first-order valence-corrected chi connectivity index (χ1v) is 15.6. The Balaban J connectivity index is -0.000000241. The molecule has 0 bridgehead atoms. The van der Waals surface area contributed by atoms with Gasteiger partial charge in [-0.3, -0.25) is 0 Å². The third-order valence-corrected chi connectivity index (χ3v) is 4.82. The van der Waals surface area contributed by atoms with E-state index in [9.17, 15) is 0 Å². The molecule has 0 N–H and O–H groups in total. The van der Waals surface area contributed by atoms with E-state index in [1.807, 2.05) is 166 Å². The summed E-state index contributed by atoms with van der Waals surface area (Å²) in [7, 11) is 0. The van der Waals surface area contributed by atoms with Crippen molar-refractivity contribution in [2.75, 3.05) is 0 Å². The molecule has 0 saturated carbocycles. The van der Waals surface area contributed by atoms with Crippen LogP contribution in [0.1, 0.15) is 43.0 Å². The summed E-state index contributed by atoms with van der Waals surface area (Å²) in [5, 5.41) is 0. The quantitative estimate of drug-likeness (QED) is 0.138. The fourth-order valence-electron chi connectivity index (χ4n) is 2.36. The van der Waals surface area contributed by atoms with E-state index < -0.39 is 0 Å². The smallest absolute Gasteiger partial charge is 0.0263 e. The molecule has 0 aliphatic carbocycles. The lowest BCUT2D eigenvalue weighted by Crippen LogP contribution is -1.63. The predicted molar refractivity (Wildman–Crippen MR) is 232 cm³/mol. The molecule has 0 aliphatic heterocycles. The van der Waals surface area contributed by atoms with Crippen LogP contribution >= 0.6 is 0 Å². The van der Waals surface area contributed by atoms with Gasteiger partial charge in [0, 0.05) is 0 Å². The second-order valence-corrected chi connectivity index (χ2v) is 9.66. The van der Waals surface area contributed by atoms with E-state index in [1.54, 1.807) is 30.4 Å². The standard InChI is InChI=1S/4C8H8.C5H8.C4H8.2C4H6/c4*1-2-8-6-4-3-5-7-8;1-4-5(2)3;1-4(2)3;2*1-3-4-2/h4*2-7H,1H2;4H,1-2H2,3H3;1H2,2-3H3;2*3-4H,1-2H2. The molecule has 0 aliphatic rings. The Kier molecular flexibility index (Phi) is 42.8. The maximum Gasteiger partial charge on any atom is -0.0263 e. The molecule has 4 aromatic carbocycles. The average Bonchev–Trinajstić information content (AvgIpc) is 3.17. The molecule has 4 aromatic rings. The van der Waals surface area contributed by atoms with Crippen molar-refractivity contribution in [2.24, 2.45) is 0 Å². The summed E-state index contributed by atoms with van der Waals surface area (Å²) in [6.07, 6.45) is 15.6. The van der Waals surface area contributed by atoms with Crippen LogP contribution in [0.15, 0.2) is 235 Å². The highest BCUT2D eigenvalue weighted by atomic mass is 13.8. The highest BCUT2D eigenvalue weighted by Crippen LogP contribution is 1.99. The third-order valence-electron chi connectivity index (χ3n) is 4.82. The average molecular weight is 649 g/mol. The summed E-state index contributed by atoms with van der Waals surface area (Å²) in [5.74, 6) is 0. The molecule has 0 saturated heterocycles. The van der Waals surface area contributed by atoms with Gasteiger partial charge in [-0.2, -0.15) is 0 Å². The van der Waals surface area contributed by atoms with E-state index in [0.717, 1.165) is 5.57 Å². The van der Waals surface area contributed by atoms with E-state index >= 15 is 0 Å². The van der Waals surface area contributed by atoms with Gasteiger partial charge in [-0.1, -0.05) is 253 Å². The van der Waals surface area contributed by atoms with E-state index in [-0.39, 0.29) is 0 Å². The topological polar surface area (TPSA) is 0 Å². The van der Waals surface area contributed by atoms with Crippen molar-refractivity contribution in [2.45, 2.75) is 20.8 Å². The lowest BCUT2D eigenvalue weighted by Gasteiger charge is -1.85. The molecule has 0 fully saturated rings. The van der Waals surface area contributed by atoms with Crippen LogP contribution in [0, 0.1) is 0 Å². The van der Waals surface area contributed by atoms with Crippen LogP contribution in [0.2, 0.25) is 0 Å². The van der Waals surface area contributed by atoms with Gasteiger partial charge in [-0.25, -0.2) is 0 Å². The van der Waals surface area contributed by atoms with Crippen molar-refractivity contribution in [3.05, 3.63) is 257 Å². The second kappa shape index (κ2) is 42.0. The van der Waals surface area contributed by atoms with Gasteiger partial charge in [0.1, 0.15) is 0 Å². The molecular weight excluding hydrogens is 589 g/mol. The van der Waals surface area contributed by atoms with Gasteiger partial charge in [0.25, 0.3) is 0 Å². The summed E-state index contributed by atoms with van der Waals surface area (Å²) >= 11 is 0. The van der Waals surface area contributed by atoms with Crippen molar-refractivity contribution in [1.29, 1.82) is 0 Å². The first kappa shape index (κ1) is 49.9. The molecule has 256 valence electrons. The summed E-state index contributed by atoms with van der Waals surface area (Å²) in [6.45, 7) is 44.4. The molecule has 49 heavy (non-hydrogen) atoms. The van der Waals surface area contributed by atoms with E-state index in [4.69, 9.17) is 0 Å². The highest BCUT2D eigenvalue weighted by Gasteiger charge is 1.78. The Morgan fingerprint density at radius 3 is 0.551 bits per heavy atom. The summed E-state index contributed by atoms with van der Waals surface area (Å²) in [4.78, 5) is 0. The molecule has 4 rings (SSSR count). The minimum atomic E-state index is 1.02. The van der Waals surface area contributed by atoms with Gasteiger partial charge in [-0.05, 0) is 43.0 Å².